The summed E-state index contributed by atoms with van der Waals surface area (Å²) in [5.41, 5.74) is 2.73. The monoisotopic (exact) mass is 178 g/mol. The molecule has 2 atom stereocenters. The molecule has 1 saturated carbocycles. The lowest BCUT2D eigenvalue weighted by Gasteiger charge is -1.97. The third-order valence-electron chi connectivity index (χ3n) is 2.35. The van der Waals surface area contributed by atoms with Crippen LogP contribution in [0.4, 0.5) is 0 Å². The second-order valence-electron chi connectivity index (χ2n) is 3.21. The summed E-state index contributed by atoms with van der Waals surface area (Å²) in [7, 11) is 0. The standard InChI is InChI=1S/C9H10N2O2/c12-9(11-13)8-4-7(8)6-2-1-3-10-5-6/h1-3,5,7-8,13H,4H2,(H,11,12). The molecule has 2 unspecified atom stereocenters. The van der Waals surface area contributed by atoms with Gasteiger partial charge in [0.1, 0.15) is 0 Å². The first-order chi connectivity index (χ1) is 6.33. The predicted octanol–water partition coefficient (Wildman–Crippen LogP) is 0.690. The number of hydrogen-bond donors (Lipinski definition) is 2. The molecule has 0 spiro atoms. The summed E-state index contributed by atoms with van der Waals surface area (Å²) in [6.45, 7) is 0. The van der Waals surface area contributed by atoms with E-state index >= 15 is 0 Å². The summed E-state index contributed by atoms with van der Waals surface area (Å²) in [5.74, 6) is -0.135. The number of hydroxylamine groups is 1. The Hall–Kier alpha value is -1.42. The van der Waals surface area contributed by atoms with E-state index in [4.69, 9.17) is 5.21 Å². The maximum absolute atomic E-state index is 11.0. The average molecular weight is 178 g/mol. The highest BCUT2D eigenvalue weighted by Gasteiger charge is 2.43. The van der Waals surface area contributed by atoms with Crippen molar-refractivity contribution in [3.05, 3.63) is 30.1 Å². The fourth-order valence-electron chi connectivity index (χ4n) is 1.53. The summed E-state index contributed by atoms with van der Waals surface area (Å²) in [6, 6.07) is 3.80. The first-order valence-electron chi connectivity index (χ1n) is 4.17. The smallest absolute Gasteiger partial charge is 0.247 e. The molecule has 2 N–H and O–H groups in total. The number of aromatic nitrogens is 1. The van der Waals surface area contributed by atoms with Crippen LogP contribution < -0.4 is 5.48 Å². The Bertz CT molecular complexity index is 313. The average Bonchev–Trinajstić information content (AvgIpc) is 2.98. The van der Waals surface area contributed by atoms with Gasteiger partial charge in [-0.15, -0.1) is 0 Å². The molecule has 68 valence electrons. The van der Waals surface area contributed by atoms with E-state index in [9.17, 15) is 4.79 Å². The Labute approximate surface area is 75.6 Å². The first kappa shape index (κ1) is 8.19. The van der Waals surface area contributed by atoms with E-state index in [2.05, 4.69) is 4.98 Å². The van der Waals surface area contributed by atoms with Gasteiger partial charge in [0.15, 0.2) is 0 Å². The molecule has 0 saturated heterocycles. The van der Waals surface area contributed by atoms with E-state index < -0.39 is 0 Å². The topological polar surface area (TPSA) is 62.2 Å². The Balaban J connectivity index is 2.04. The number of carbonyl (C=O) groups excluding carboxylic acids is 1. The molecule has 4 nitrogen and oxygen atoms in total. The van der Waals surface area contributed by atoms with Gasteiger partial charge in [0, 0.05) is 18.3 Å². The number of rotatable bonds is 2. The highest BCUT2D eigenvalue weighted by atomic mass is 16.5. The van der Waals surface area contributed by atoms with Crippen LogP contribution in [0.15, 0.2) is 24.5 Å². The molecule has 1 amide bonds. The summed E-state index contributed by atoms with van der Waals surface area (Å²) in [5, 5.41) is 8.39. The van der Waals surface area contributed by atoms with Crippen molar-refractivity contribution in [3.8, 4) is 0 Å². The Morgan fingerprint density at radius 3 is 3.15 bits per heavy atom. The van der Waals surface area contributed by atoms with E-state index in [1.54, 1.807) is 17.9 Å². The molecule has 0 radical (unpaired) electrons. The van der Waals surface area contributed by atoms with E-state index in [1.165, 1.54) is 0 Å². The number of nitrogens with one attached hydrogen (secondary N) is 1. The highest BCUT2D eigenvalue weighted by molar-refractivity contribution is 5.81. The van der Waals surface area contributed by atoms with Gasteiger partial charge in [-0.05, 0) is 24.0 Å². The molecule has 0 bridgehead atoms. The van der Waals surface area contributed by atoms with Gasteiger partial charge in [-0.3, -0.25) is 15.0 Å². The molecule has 1 heterocycles. The van der Waals surface area contributed by atoms with Gasteiger partial charge < -0.3 is 0 Å². The molecular weight excluding hydrogens is 168 g/mol. The van der Waals surface area contributed by atoms with Gasteiger partial charge in [0.25, 0.3) is 0 Å². The normalized spacial score (nSPS) is 25.3. The van der Waals surface area contributed by atoms with Crippen LogP contribution in [0.5, 0.6) is 0 Å². The van der Waals surface area contributed by atoms with E-state index in [0.29, 0.717) is 0 Å². The molecule has 1 aromatic heterocycles. The number of pyridine rings is 1. The molecular formula is C9H10N2O2. The van der Waals surface area contributed by atoms with Crippen molar-refractivity contribution in [3.63, 3.8) is 0 Å². The van der Waals surface area contributed by atoms with Crippen LogP contribution in [0.3, 0.4) is 0 Å². The van der Waals surface area contributed by atoms with Crippen molar-refractivity contribution in [1.29, 1.82) is 0 Å². The molecule has 2 rings (SSSR count). The molecule has 1 aliphatic carbocycles. The van der Waals surface area contributed by atoms with E-state index in [-0.39, 0.29) is 17.7 Å². The lowest BCUT2D eigenvalue weighted by Crippen LogP contribution is -2.20. The molecule has 1 aromatic rings. The third-order valence-corrected chi connectivity index (χ3v) is 2.35. The fraction of sp³-hybridized carbons (Fsp3) is 0.333. The number of carbonyl (C=O) groups is 1. The summed E-state index contributed by atoms with van der Waals surface area (Å²) < 4.78 is 0. The van der Waals surface area contributed by atoms with Crippen LogP contribution in [0.25, 0.3) is 0 Å². The first-order valence-corrected chi connectivity index (χ1v) is 4.17. The second-order valence-corrected chi connectivity index (χ2v) is 3.21. The van der Waals surface area contributed by atoms with E-state index in [1.807, 2.05) is 12.1 Å². The van der Waals surface area contributed by atoms with Crippen molar-refractivity contribution < 1.29 is 10.0 Å². The fourth-order valence-corrected chi connectivity index (χ4v) is 1.53. The number of amides is 1. The Morgan fingerprint density at radius 1 is 1.69 bits per heavy atom. The summed E-state index contributed by atoms with van der Waals surface area (Å²) >= 11 is 0. The van der Waals surface area contributed by atoms with Crippen molar-refractivity contribution in [2.75, 3.05) is 0 Å². The minimum Gasteiger partial charge on any atom is -0.289 e. The Morgan fingerprint density at radius 2 is 2.54 bits per heavy atom. The zero-order chi connectivity index (χ0) is 9.26. The second kappa shape index (κ2) is 3.14. The van der Waals surface area contributed by atoms with Crippen LogP contribution in [-0.4, -0.2) is 16.1 Å². The van der Waals surface area contributed by atoms with Crippen LogP contribution in [0, 0.1) is 5.92 Å². The van der Waals surface area contributed by atoms with Crippen LogP contribution in [-0.2, 0) is 4.79 Å². The van der Waals surface area contributed by atoms with E-state index in [0.717, 1.165) is 12.0 Å². The molecule has 1 aliphatic rings. The van der Waals surface area contributed by atoms with Crippen LogP contribution >= 0.6 is 0 Å². The summed E-state index contributed by atoms with van der Waals surface area (Å²) in [6.07, 6.45) is 4.26. The summed E-state index contributed by atoms with van der Waals surface area (Å²) in [4.78, 5) is 14.9. The molecule has 4 heteroatoms. The Kier molecular flexibility index (Phi) is 1.98. The van der Waals surface area contributed by atoms with Gasteiger partial charge in [0.05, 0.1) is 0 Å². The van der Waals surface area contributed by atoms with Gasteiger partial charge >= 0.3 is 0 Å². The minimum absolute atomic E-state index is 0.0748. The van der Waals surface area contributed by atoms with Gasteiger partial charge in [-0.1, -0.05) is 6.07 Å². The predicted molar refractivity (Wildman–Crippen MR) is 45.0 cm³/mol. The largest absolute Gasteiger partial charge is 0.289 e. The van der Waals surface area contributed by atoms with Crippen molar-refractivity contribution in [2.24, 2.45) is 5.92 Å². The molecule has 1 fully saturated rings. The quantitative estimate of drug-likeness (QED) is 0.517. The number of hydrogen-bond acceptors (Lipinski definition) is 3. The zero-order valence-electron chi connectivity index (χ0n) is 6.97. The van der Waals surface area contributed by atoms with Gasteiger partial charge in [-0.2, -0.15) is 0 Å². The number of nitrogens with zero attached hydrogens (tertiary/aromatic N) is 1. The highest BCUT2D eigenvalue weighted by Crippen LogP contribution is 2.47. The van der Waals surface area contributed by atoms with Gasteiger partial charge in [0.2, 0.25) is 5.91 Å². The minimum atomic E-state index is -0.297. The van der Waals surface area contributed by atoms with Crippen LogP contribution in [0.2, 0.25) is 0 Å². The maximum atomic E-state index is 11.0. The maximum Gasteiger partial charge on any atom is 0.247 e. The third kappa shape index (κ3) is 1.53. The molecule has 13 heavy (non-hydrogen) atoms. The lowest BCUT2D eigenvalue weighted by molar-refractivity contribution is -0.130. The van der Waals surface area contributed by atoms with Crippen molar-refractivity contribution >= 4 is 5.91 Å². The van der Waals surface area contributed by atoms with Crippen LogP contribution in [0.1, 0.15) is 17.9 Å². The molecule has 0 aliphatic heterocycles. The zero-order valence-corrected chi connectivity index (χ0v) is 6.97. The molecule has 0 aromatic carbocycles. The van der Waals surface area contributed by atoms with Crippen molar-refractivity contribution in [1.82, 2.24) is 10.5 Å². The van der Waals surface area contributed by atoms with Crippen molar-refractivity contribution in [2.45, 2.75) is 12.3 Å². The SMILES string of the molecule is O=C(NO)C1CC1c1cccnc1. The van der Waals surface area contributed by atoms with Gasteiger partial charge in [-0.25, -0.2) is 5.48 Å². The lowest BCUT2D eigenvalue weighted by atomic mass is 10.1.